The minimum absolute atomic E-state index is 0.0392. The number of nitrogens with zero attached hydrogens (tertiary/aromatic N) is 2. The first-order valence-electron chi connectivity index (χ1n) is 14.2. The molecule has 37 heavy (non-hydrogen) atoms. The molecule has 2 aliphatic rings. The third-order valence-electron chi connectivity index (χ3n) is 8.65. The highest BCUT2D eigenvalue weighted by Gasteiger charge is 2.56. The van der Waals surface area contributed by atoms with Gasteiger partial charge in [-0.15, -0.1) is 0 Å². The number of hydrogen-bond acceptors (Lipinski definition) is 1. The molecule has 0 saturated carbocycles. The van der Waals surface area contributed by atoms with Gasteiger partial charge in [0.2, 0.25) is 6.34 Å². The monoisotopic (exact) mass is 493 g/mol. The largest absolute Gasteiger partial charge is 0.258 e. The van der Waals surface area contributed by atoms with Crippen LogP contribution in [0.5, 0.6) is 0 Å². The Balaban J connectivity index is 1.76. The minimum atomic E-state index is -0.195. The molecular weight excluding hydrogens is 448 g/mol. The molecule has 2 nitrogen and oxygen atoms in total. The maximum absolute atomic E-state index is 2.69. The molecule has 2 heteroatoms. The maximum Gasteiger partial charge on any atom is 0.236 e. The van der Waals surface area contributed by atoms with Crippen LogP contribution in [0.25, 0.3) is 11.1 Å². The zero-order valence-electron chi connectivity index (χ0n) is 24.4. The first-order chi connectivity index (χ1) is 17.4. The summed E-state index contributed by atoms with van der Waals surface area (Å²) < 4.78 is 2.69. The Hall–Kier alpha value is -2.87. The first-order valence-corrected chi connectivity index (χ1v) is 14.2. The van der Waals surface area contributed by atoms with E-state index in [0.29, 0.717) is 17.8 Å². The van der Waals surface area contributed by atoms with Crippen molar-refractivity contribution in [2.45, 2.75) is 97.7 Å². The van der Waals surface area contributed by atoms with Crippen LogP contribution in [0.2, 0.25) is 0 Å². The van der Waals surface area contributed by atoms with E-state index in [1.807, 2.05) is 0 Å². The maximum atomic E-state index is 2.69. The van der Waals surface area contributed by atoms with E-state index < -0.39 is 0 Å². The smallest absolute Gasteiger partial charge is 0.236 e. The van der Waals surface area contributed by atoms with E-state index in [0.717, 1.165) is 13.1 Å². The Labute approximate surface area is 225 Å². The van der Waals surface area contributed by atoms with Crippen LogP contribution < -0.4 is 0 Å². The predicted octanol–water partition coefficient (Wildman–Crippen LogP) is 8.64. The molecule has 0 radical (unpaired) electrons. The van der Waals surface area contributed by atoms with Crippen molar-refractivity contribution in [1.29, 1.82) is 0 Å². The SMILES string of the molecule is CC(C)c1cc(C(C)C)c(C[N+]2=CN(C(C)(C)C)CC23c2ccccc2-c2ccccc23)c(C(C)C)c1. The molecule has 1 spiro atoms. The Morgan fingerprint density at radius 3 is 1.68 bits per heavy atom. The Morgan fingerprint density at radius 2 is 1.24 bits per heavy atom. The quantitative estimate of drug-likeness (QED) is 0.322. The molecule has 0 aromatic heterocycles. The van der Waals surface area contributed by atoms with Crippen molar-refractivity contribution in [3.05, 3.63) is 94.0 Å². The number of rotatable bonds is 5. The molecule has 194 valence electrons. The van der Waals surface area contributed by atoms with Crippen LogP contribution in [0.4, 0.5) is 0 Å². The first kappa shape index (κ1) is 25.8. The summed E-state index contributed by atoms with van der Waals surface area (Å²) in [5, 5.41) is 0. The number of hydrogen-bond donors (Lipinski definition) is 0. The fraction of sp³-hybridized carbons (Fsp3) is 0.457. The third-order valence-corrected chi connectivity index (χ3v) is 8.65. The molecule has 0 fully saturated rings. The molecule has 1 aliphatic carbocycles. The van der Waals surface area contributed by atoms with Crippen LogP contribution in [-0.4, -0.2) is 27.9 Å². The van der Waals surface area contributed by atoms with Crippen LogP contribution in [0.15, 0.2) is 60.7 Å². The molecule has 0 amide bonds. The molecule has 1 aliphatic heterocycles. The second-order valence-corrected chi connectivity index (χ2v) is 13.1. The van der Waals surface area contributed by atoms with E-state index in [1.165, 1.54) is 44.5 Å². The van der Waals surface area contributed by atoms with E-state index in [9.17, 15) is 0 Å². The summed E-state index contributed by atoms with van der Waals surface area (Å²) in [4.78, 5) is 2.57. The van der Waals surface area contributed by atoms with Gasteiger partial charge in [0.25, 0.3) is 0 Å². The fourth-order valence-corrected chi connectivity index (χ4v) is 6.47. The molecule has 3 aromatic carbocycles. The molecule has 0 saturated heterocycles. The van der Waals surface area contributed by atoms with Gasteiger partial charge in [-0.1, -0.05) is 102 Å². The summed E-state index contributed by atoms with van der Waals surface area (Å²) in [6.07, 6.45) is 2.45. The predicted molar refractivity (Wildman–Crippen MR) is 158 cm³/mol. The molecule has 0 bridgehead atoms. The summed E-state index contributed by atoms with van der Waals surface area (Å²) in [6.45, 7) is 23.0. The van der Waals surface area contributed by atoms with Gasteiger partial charge in [-0.2, -0.15) is 0 Å². The molecule has 1 heterocycles. The van der Waals surface area contributed by atoms with Crippen molar-refractivity contribution in [2.24, 2.45) is 0 Å². The second kappa shape index (κ2) is 9.15. The Bertz CT molecular complexity index is 1280. The molecular formula is C35H45N2+. The molecule has 0 N–H and O–H groups in total. The summed E-state index contributed by atoms with van der Waals surface area (Å²) >= 11 is 0. The standard InChI is InChI=1S/C35H45N2/c1-23(2)26-18-29(24(3)4)31(30(19-26)25(5)6)20-36-22-37(34(7,8)9)21-35(36)32-16-12-10-14-27(32)28-15-11-13-17-33(28)35/h10-19,22-25H,20-21H2,1-9H3/q+1. The van der Waals surface area contributed by atoms with Crippen molar-refractivity contribution in [1.82, 2.24) is 4.90 Å². The van der Waals surface area contributed by atoms with Gasteiger partial charge in [-0.25, -0.2) is 4.58 Å². The van der Waals surface area contributed by atoms with Gasteiger partial charge in [0.05, 0.1) is 5.54 Å². The summed E-state index contributed by atoms with van der Waals surface area (Å²) in [7, 11) is 0. The highest BCUT2D eigenvalue weighted by atomic mass is 15.3. The molecule has 3 aromatic rings. The van der Waals surface area contributed by atoms with Crippen LogP contribution >= 0.6 is 0 Å². The van der Waals surface area contributed by atoms with Crippen molar-refractivity contribution < 1.29 is 4.58 Å². The average molecular weight is 494 g/mol. The number of fused-ring (bicyclic) bond motifs is 5. The van der Waals surface area contributed by atoms with Crippen LogP contribution in [0.1, 0.15) is 113 Å². The van der Waals surface area contributed by atoms with Gasteiger partial charge in [0.1, 0.15) is 13.1 Å². The fourth-order valence-electron chi connectivity index (χ4n) is 6.47. The van der Waals surface area contributed by atoms with Crippen LogP contribution in [0, 0.1) is 0 Å². The lowest BCUT2D eigenvalue weighted by molar-refractivity contribution is -0.605. The number of benzene rings is 3. The van der Waals surface area contributed by atoms with E-state index in [1.54, 1.807) is 0 Å². The molecule has 0 unspecified atom stereocenters. The van der Waals surface area contributed by atoms with Gasteiger partial charge in [0, 0.05) is 16.7 Å². The van der Waals surface area contributed by atoms with Crippen LogP contribution in [-0.2, 0) is 12.1 Å². The Kier molecular flexibility index (Phi) is 6.37. The lowest BCUT2D eigenvalue weighted by Gasteiger charge is -2.31. The van der Waals surface area contributed by atoms with Crippen molar-refractivity contribution in [2.75, 3.05) is 6.54 Å². The zero-order valence-corrected chi connectivity index (χ0v) is 24.4. The van der Waals surface area contributed by atoms with E-state index in [-0.39, 0.29) is 11.1 Å². The lowest BCUT2D eigenvalue weighted by Crippen LogP contribution is -2.44. The van der Waals surface area contributed by atoms with Crippen molar-refractivity contribution in [3.63, 3.8) is 0 Å². The molecule has 5 rings (SSSR count). The highest BCUT2D eigenvalue weighted by Crippen LogP contribution is 2.52. The highest BCUT2D eigenvalue weighted by molar-refractivity contribution is 5.81. The Morgan fingerprint density at radius 1 is 0.757 bits per heavy atom. The normalized spacial score (nSPS) is 16.2. The van der Waals surface area contributed by atoms with Gasteiger partial charge in [-0.05, 0) is 66.3 Å². The average Bonchev–Trinajstić information content (AvgIpc) is 3.36. The van der Waals surface area contributed by atoms with E-state index in [4.69, 9.17) is 0 Å². The van der Waals surface area contributed by atoms with Crippen molar-refractivity contribution >= 4 is 6.34 Å². The third kappa shape index (κ3) is 4.13. The van der Waals surface area contributed by atoms with Gasteiger partial charge in [0.15, 0.2) is 5.54 Å². The van der Waals surface area contributed by atoms with E-state index in [2.05, 4.69) is 139 Å². The zero-order chi connectivity index (χ0) is 26.7. The second-order valence-electron chi connectivity index (χ2n) is 13.1. The molecule has 0 atom stereocenters. The van der Waals surface area contributed by atoms with Gasteiger partial charge < -0.3 is 0 Å². The van der Waals surface area contributed by atoms with E-state index >= 15 is 0 Å². The van der Waals surface area contributed by atoms with Crippen molar-refractivity contribution in [3.8, 4) is 11.1 Å². The van der Waals surface area contributed by atoms with Crippen LogP contribution in [0.3, 0.4) is 0 Å². The van der Waals surface area contributed by atoms with Gasteiger partial charge in [-0.3, -0.25) is 4.90 Å². The minimum Gasteiger partial charge on any atom is -0.258 e. The van der Waals surface area contributed by atoms with Gasteiger partial charge >= 0.3 is 0 Å². The lowest BCUT2D eigenvalue weighted by atomic mass is 9.82. The summed E-state index contributed by atoms with van der Waals surface area (Å²) in [5.74, 6) is 1.48. The summed E-state index contributed by atoms with van der Waals surface area (Å²) in [6, 6.07) is 23.2. The summed E-state index contributed by atoms with van der Waals surface area (Å²) in [5.41, 5.74) is 11.5. The topological polar surface area (TPSA) is 6.25 Å².